The summed E-state index contributed by atoms with van der Waals surface area (Å²) in [6, 6.07) is 0. The largest absolute Gasteiger partial charge is 0.0625 e. The second kappa shape index (κ2) is 3.79. The Morgan fingerprint density at radius 2 is 1.53 bits per heavy atom. The lowest BCUT2D eigenvalue weighted by molar-refractivity contribution is 0.0314. The van der Waals surface area contributed by atoms with Crippen LogP contribution in [0.25, 0.3) is 0 Å². The van der Waals surface area contributed by atoms with Gasteiger partial charge < -0.3 is 0 Å². The van der Waals surface area contributed by atoms with Crippen LogP contribution >= 0.6 is 0 Å². The smallest absolute Gasteiger partial charge is 0.0246 e. The third kappa shape index (κ3) is 1.85. The first-order chi connectivity index (χ1) is 6.97. The van der Waals surface area contributed by atoms with Crippen molar-refractivity contribution >= 4 is 0 Å². The highest BCUT2D eigenvalue weighted by atomic mass is 14.5. The van der Waals surface area contributed by atoms with Crippen molar-refractivity contribution in [1.82, 2.24) is 0 Å². The van der Waals surface area contributed by atoms with Gasteiger partial charge in [0.2, 0.25) is 0 Å². The summed E-state index contributed by atoms with van der Waals surface area (Å²) in [6.45, 7) is 9.86. The molecule has 0 radical (unpaired) electrons. The summed E-state index contributed by atoms with van der Waals surface area (Å²) in [7, 11) is 0. The summed E-state index contributed by atoms with van der Waals surface area (Å²) in [5.74, 6) is 1.93. The van der Waals surface area contributed by atoms with E-state index in [4.69, 9.17) is 0 Å². The maximum absolute atomic E-state index is 2.52. The van der Waals surface area contributed by atoms with Crippen LogP contribution in [0.1, 0.15) is 72.6 Å². The van der Waals surface area contributed by atoms with Crippen LogP contribution in [0.5, 0.6) is 0 Å². The Kier molecular flexibility index (Phi) is 2.90. The molecule has 0 nitrogen and oxygen atoms in total. The molecule has 2 aliphatic rings. The molecule has 2 rings (SSSR count). The van der Waals surface area contributed by atoms with E-state index in [0.29, 0.717) is 5.41 Å². The van der Waals surface area contributed by atoms with Gasteiger partial charge in [-0.15, -0.1) is 0 Å². The SMILES string of the molecule is CC(C)C1CCC2(CCCC2(C)C)CC1. The van der Waals surface area contributed by atoms with Gasteiger partial charge in [0, 0.05) is 0 Å². The van der Waals surface area contributed by atoms with Crippen LogP contribution in [-0.2, 0) is 0 Å². The topological polar surface area (TPSA) is 0 Å². The van der Waals surface area contributed by atoms with E-state index in [1.54, 1.807) is 0 Å². The van der Waals surface area contributed by atoms with Gasteiger partial charge >= 0.3 is 0 Å². The minimum Gasteiger partial charge on any atom is -0.0625 e. The normalized spacial score (nSPS) is 40.2. The molecule has 0 aromatic rings. The van der Waals surface area contributed by atoms with Crippen molar-refractivity contribution in [3.63, 3.8) is 0 Å². The maximum atomic E-state index is 2.52. The van der Waals surface area contributed by atoms with E-state index in [2.05, 4.69) is 27.7 Å². The number of hydrogen-bond donors (Lipinski definition) is 0. The Morgan fingerprint density at radius 3 is 1.93 bits per heavy atom. The molecule has 0 aliphatic heterocycles. The summed E-state index contributed by atoms with van der Waals surface area (Å²) >= 11 is 0. The molecule has 15 heavy (non-hydrogen) atoms. The van der Waals surface area contributed by atoms with Crippen molar-refractivity contribution in [2.45, 2.75) is 72.6 Å². The third-order valence-electron chi connectivity index (χ3n) is 5.82. The van der Waals surface area contributed by atoms with Gasteiger partial charge in [0.1, 0.15) is 0 Å². The Morgan fingerprint density at radius 1 is 0.933 bits per heavy atom. The van der Waals surface area contributed by atoms with Crippen LogP contribution in [0.15, 0.2) is 0 Å². The average Bonchev–Trinajstić information content (AvgIpc) is 2.43. The zero-order valence-corrected chi connectivity index (χ0v) is 11.1. The molecule has 2 fully saturated rings. The standard InChI is InChI=1S/C15H28/c1-12(2)13-6-10-15(11-7-13)9-5-8-14(15,3)4/h12-13H,5-11H2,1-4H3. The lowest BCUT2D eigenvalue weighted by Crippen LogP contribution is -2.37. The fraction of sp³-hybridized carbons (Fsp3) is 1.00. The monoisotopic (exact) mass is 208 g/mol. The minimum absolute atomic E-state index is 0.634. The van der Waals surface area contributed by atoms with Gasteiger partial charge in [-0.05, 0) is 61.2 Å². The van der Waals surface area contributed by atoms with E-state index >= 15 is 0 Å². The van der Waals surface area contributed by atoms with E-state index in [-0.39, 0.29) is 0 Å². The van der Waals surface area contributed by atoms with Gasteiger partial charge in [-0.2, -0.15) is 0 Å². The molecule has 2 aliphatic carbocycles. The van der Waals surface area contributed by atoms with Crippen molar-refractivity contribution in [3.05, 3.63) is 0 Å². The molecule has 0 unspecified atom stereocenters. The molecule has 1 spiro atoms. The van der Waals surface area contributed by atoms with Crippen LogP contribution in [0.3, 0.4) is 0 Å². The van der Waals surface area contributed by atoms with Crippen molar-refractivity contribution in [1.29, 1.82) is 0 Å². The summed E-state index contributed by atoms with van der Waals surface area (Å²) in [5.41, 5.74) is 1.37. The molecule has 0 bridgehead atoms. The van der Waals surface area contributed by atoms with Gasteiger partial charge in [0.15, 0.2) is 0 Å². The van der Waals surface area contributed by atoms with Gasteiger partial charge in [-0.3, -0.25) is 0 Å². The minimum atomic E-state index is 0.634. The molecular formula is C15H28. The van der Waals surface area contributed by atoms with Gasteiger partial charge in [-0.1, -0.05) is 34.1 Å². The first-order valence-corrected chi connectivity index (χ1v) is 6.97. The Bertz CT molecular complexity index is 216. The predicted octanol–water partition coefficient (Wildman–Crippen LogP) is 5.03. The van der Waals surface area contributed by atoms with Crippen molar-refractivity contribution in [2.24, 2.45) is 22.7 Å². The summed E-state index contributed by atoms with van der Waals surface area (Å²) in [4.78, 5) is 0. The van der Waals surface area contributed by atoms with Crippen molar-refractivity contribution < 1.29 is 0 Å². The summed E-state index contributed by atoms with van der Waals surface area (Å²) in [6.07, 6.45) is 10.5. The second-order valence-electron chi connectivity index (χ2n) is 7.10. The Balaban J connectivity index is 2.03. The van der Waals surface area contributed by atoms with E-state index < -0.39 is 0 Å². The molecule has 0 saturated heterocycles. The number of hydrogen-bond acceptors (Lipinski definition) is 0. The first-order valence-electron chi connectivity index (χ1n) is 6.97. The van der Waals surface area contributed by atoms with E-state index in [0.717, 1.165) is 17.3 Å². The Hall–Kier alpha value is 0. The molecule has 0 heterocycles. The summed E-state index contributed by atoms with van der Waals surface area (Å²) < 4.78 is 0. The van der Waals surface area contributed by atoms with Crippen LogP contribution in [0.4, 0.5) is 0 Å². The second-order valence-corrected chi connectivity index (χ2v) is 7.10. The molecule has 0 aromatic carbocycles. The van der Waals surface area contributed by atoms with Gasteiger partial charge in [-0.25, -0.2) is 0 Å². The lowest BCUT2D eigenvalue weighted by atomic mass is 9.58. The fourth-order valence-electron chi connectivity index (χ4n) is 4.26. The molecular weight excluding hydrogens is 180 g/mol. The average molecular weight is 208 g/mol. The molecule has 2 saturated carbocycles. The fourth-order valence-corrected chi connectivity index (χ4v) is 4.26. The molecule has 0 heteroatoms. The van der Waals surface area contributed by atoms with E-state index in [9.17, 15) is 0 Å². The van der Waals surface area contributed by atoms with Gasteiger partial charge in [0.25, 0.3) is 0 Å². The molecule has 0 N–H and O–H groups in total. The van der Waals surface area contributed by atoms with Crippen LogP contribution in [-0.4, -0.2) is 0 Å². The molecule has 0 atom stereocenters. The first kappa shape index (κ1) is 11.5. The van der Waals surface area contributed by atoms with Crippen molar-refractivity contribution in [2.75, 3.05) is 0 Å². The van der Waals surface area contributed by atoms with E-state index in [1.807, 2.05) is 0 Å². The van der Waals surface area contributed by atoms with Crippen LogP contribution in [0.2, 0.25) is 0 Å². The lowest BCUT2D eigenvalue weighted by Gasteiger charge is -2.47. The zero-order chi connectivity index (χ0) is 11.1. The highest BCUT2D eigenvalue weighted by molar-refractivity contribution is 5.00. The molecule has 0 amide bonds. The van der Waals surface area contributed by atoms with Crippen LogP contribution in [0, 0.1) is 22.7 Å². The quantitative estimate of drug-likeness (QED) is 0.567. The zero-order valence-electron chi connectivity index (χ0n) is 11.1. The van der Waals surface area contributed by atoms with E-state index in [1.165, 1.54) is 44.9 Å². The highest BCUT2D eigenvalue weighted by Gasteiger charge is 2.49. The molecule has 0 aromatic heterocycles. The van der Waals surface area contributed by atoms with Gasteiger partial charge in [0.05, 0.1) is 0 Å². The summed E-state index contributed by atoms with van der Waals surface area (Å²) in [5, 5.41) is 0. The molecule has 88 valence electrons. The number of rotatable bonds is 1. The third-order valence-corrected chi connectivity index (χ3v) is 5.82. The predicted molar refractivity (Wildman–Crippen MR) is 66.9 cm³/mol. The highest BCUT2D eigenvalue weighted by Crippen LogP contribution is 2.60. The maximum Gasteiger partial charge on any atom is -0.0246 e. The Labute approximate surface area is 95.8 Å². The van der Waals surface area contributed by atoms with Crippen molar-refractivity contribution in [3.8, 4) is 0 Å². The van der Waals surface area contributed by atoms with Crippen LogP contribution < -0.4 is 0 Å².